The summed E-state index contributed by atoms with van der Waals surface area (Å²) < 4.78 is 20.4. The molecule has 0 spiro atoms. The van der Waals surface area contributed by atoms with Crippen LogP contribution in [-0.2, 0) is 24.9 Å². The molecule has 0 aliphatic carbocycles. The first kappa shape index (κ1) is 24.6. The molecule has 0 fully saturated rings. The number of nitrogens with zero attached hydrogens (tertiary/aromatic N) is 3. The number of nitrogens with two attached hydrogens (primary N) is 1. The van der Waals surface area contributed by atoms with Crippen molar-refractivity contribution in [3.8, 4) is 12.4 Å². The average Bonchev–Trinajstić information content (AvgIpc) is 2.76. The number of ether oxygens (including phenoxy) is 4. The van der Waals surface area contributed by atoms with Crippen molar-refractivity contribution in [1.82, 2.24) is 0 Å². The van der Waals surface area contributed by atoms with E-state index in [9.17, 15) is 0 Å². The Morgan fingerprint density at radius 1 is 0.857 bits per heavy atom. The standard InChI is InChI=1S/C10H14O3.C9H8N2O.CH2N2/c1-11-10(12-2,13-3)9-7-5-4-6-8-9;1-12-9(11-7-10)8-5-3-2-4-6-8;2-1-3/h4-8H,1-3H3;2-6H,1H3;2H2. The van der Waals surface area contributed by atoms with Gasteiger partial charge >= 0.3 is 5.97 Å². The first-order chi connectivity index (χ1) is 13.6. The maximum absolute atomic E-state index is 8.31. The second-order valence-corrected chi connectivity index (χ2v) is 4.75. The van der Waals surface area contributed by atoms with Crippen molar-refractivity contribution in [2.75, 3.05) is 28.4 Å². The molecule has 0 bridgehead atoms. The van der Waals surface area contributed by atoms with Gasteiger partial charge in [-0.05, 0) is 12.1 Å². The topological polar surface area (TPSA) is 123 Å². The largest absolute Gasteiger partial charge is 0.480 e. The fourth-order valence-electron chi connectivity index (χ4n) is 2.10. The van der Waals surface area contributed by atoms with Crippen molar-refractivity contribution in [2.45, 2.75) is 5.97 Å². The highest BCUT2D eigenvalue weighted by Gasteiger charge is 2.31. The van der Waals surface area contributed by atoms with Gasteiger partial charge in [-0.1, -0.05) is 48.5 Å². The molecule has 2 aromatic rings. The van der Waals surface area contributed by atoms with Gasteiger partial charge in [-0.15, -0.1) is 4.99 Å². The van der Waals surface area contributed by atoms with E-state index in [4.69, 9.17) is 29.5 Å². The molecule has 0 saturated carbocycles. The van der Waals surface area contributed by atoms with E-state index in [1.807, 2.05) is 60.7 Å². The van der Waals surface area contributed by atoms with Gasteiger partial charge in [0.25, 0.3) is 0 Å². The zero-order valence-electron chi connectivity index (χ0n) is 16.3. The summed E-state index contributed by atoms with van der Waals surface area (Å²) in [6, 6.07) is 18.8. The lowest BCUT2D eigenvalue weighted by Gasteiger charge is -2.28. The molecule has 0 amide bonds. The average molecular weight is 384 g/mol. The molecule has 148 valence electrons. The summed E-state index contributed by atoms with van der Waals surface area (Å²) in [4.78, 5) is 3.51. The lowest BCUT2D eigenvalue weighted by atomic mass is 10.2. The molecule has 2 aromatic carbocycles. The van der Waals surface area contributed by atoms with Gasteiger partial charge in [0.1, 0.15) is 0 Å². The summed E-state index contributed by atoms with van der Waals surface area (Å²) >= 11 is 0. The van der Waals surface area contributed by atoms with Crippen molar-refractivity contribution in [3.63, 3.8) is 0 Å². The molecule has 8 heteroatoms. The molecule has 0 unspecified atom stereocenters. The number of hydrogen-bond acceptors (Lipinski definition) is 8. The number of nitriles is 2. The molecule has 2 N–H and O–H groups in total. The quantitative estimate of drug-likeness (QED) is 0.276. The predicted molar refractivity (Wildman–Crippen MR) is 105 cm³/mol. The SMILES string of the molecule is COC(=NC#N)c1ccccc1.COC(OC)(OC)c1ccccc1.N#CN. The number of hydrogen-bond donors (Lipinski definition) is 1. The second kappa shape index (κ2) is 14.7. The van der Waals surface area contributed by atoms with Crippen molar-refractivity contribution >= 4 is 5.90 Å². The maximum atomic E-state index is 8.31. The van der Waals surface area contributed by atoms with Gasteiger partial charge in [-0.2, -0.15) is 10.5 Å². The summed E-state index contributed by atoms with van der Waals surface area (Å²) in [6.07, 6.45) is 2.93. The van der Waals surface area contributed by atoms with Gasteiger partial charge in [-0.3, -0.25) is 0 Å². The van der Waals surface area contributed by atoms with Crippen LogP contribution in [0.15, 0.2) is 65.7 Å². The molecule has 0 radical (unpaired) electrons. The van der Waals surface area contributed by atoms with E-state index in [0.717, 1.165) is 11.1 Å². The van der Waals surface area contributed by atoms with Crippen molar-refractivity contribution in [1.29, 1.82) is 10.5 Å². The summed E-state index contributed by atoms with van der Waals surface area (Å²) in [5.74, 6) is -0.737. The fraction of sp³-hybridized carbons (Fsp3) is 0.250. The van der Waals surface area contributed by atoms with Gasteiger partial charge in [0, 0.05) is 32.5 Å². The second-order valence-electron chi connectivity index (χ2n) is 4.75. The molecule has 0 aliphatic rings. The van der Waals surface area contributed by atoms with Crippen LogP contribution in [-0.4, -0.2) is 34.3 Å². The smallest absolute Gasteiger partial charge is 0.311 e. The molecule has 28 heavy (non-hydrogen) atoms. The van der Waals surface area contributed by atoms with Crippen molar-refractivity contribution in [2.24, 2.45) is 10.7 Å². The Hall–Kier alpha value is -3.43. The predicted octanol–water partition coefficient (Wildman–Crippen LogP) is 2.72. The minimum atomic E-state index is -1.08. The van der Waals surface area contributed by atoms with Gasteiger partial charge < -0.3 is 24.7 Å². The lowest BCUT2D eigenvalue weighted by Crippen LogP contribution is -2.32. The Balaban J connectivity index is 0.000000458. The Morgan fingerprint density at radius 2 is 1.29 bits per heavy atom. The van der Waals surface area contributed by atoms with Crippen LogP contribution in [0.1, 0.15) is 11.1 Å². The molecule has 8 nitrogen and oxygen atoms in total. The van der Waals surface area contributed by atoms with Crippen LogP contribution in [0.5, 0.6) is 0 Å². The van der Waals surface area contributed by atoms with E-state index < -0.39 is 5.97 Å². The zero-order valence-corrected chi connectivity index (χ0v) is 16.3. The summed E-state index contributed by atoms with van der Waals surface area (Å²) in [5.41, 5.74) is 5.80. The Labute approximate surface area is 165 Å². The van der Waals surface area contributed by atoms with E-state index in [1.165, 1.54) is 13.3 Å². The molecule has 0 heterocycles. The number of methoxy groups -OCH3 is 4. The van der Waals surface area contributed by atoms with Crippen LogP contribution in [0.25, 0.3) is 0 Å². The van der Waals surface area contributed by atoms with Crippen LogP contribution in [0.2, 0.25) is 0 Å². The lowest BCUT2D eigenvalue weighted by molar-refractivity contribution is -0.364. The van der Waals surface area contributed by atoms with E-state index in [1.54, 1.807) is 27.5 Å². The number of rotatable bonds is 5. The fourth-order valence-corrected chi connectivity index (χ4v) is 2.10. The molecule has 0 aliphatic heterocycles. The van der Waals surface area contributed by atoms with E-state index >= 15 is 0 Å². The highest BCUT2D eigenvalue weighted by Crippen LogP contribution is 2.25. The maximum Gasteiger partial charge on any atom is 0.311 e. The zero-order chi connectivity index (χ0) is 21.3. The summed E-state index contributed by atoms with van der Waals surface area (Å²) in [5, 5.41) is 15.4. The molecule has 2 rings (SSSR count). The molecule has 0 atom stereocenters. The number of aliphatic imine (C=N–C) groups is 1. The van der Waals surface area contributed by atoms with E-state index in [0.29, 0.717) is 5.90 Å². The van der Waals surface area contributed by atoms with Crippen LogP contribution in [0.3, 0.4) is 0 Å². The van der Waals surface area contributed by atoms with Crippen LogP contribution < -0.4 is 5.73 Å². The number of benzene rings is 2. The summed E-state index contributed by atoms with van der Waals surface area (Å²) in [7, 11) is 6.11. The molecular formula is C20H24N4O4. The van der Waals surface area contributed by atoms with E-state index in [-0.39, 0.29) is 0 Å². The van der Waals surface area contributed by atoms with Crippen molar-refractivity contribution in [3.05, 3.63) is 71.8 Å². The van der Waals surface area contributed by atoms with Gasteiger partial charge in [0.2, 0.25) is 12.1 Å². The molecule has 0 saturated heterocycles. The van der Waals surface area contributed by atoms with Crippen LogP contribution >= 0.6 is 0 Å². The van der Waals surface area contributed by atoms with Crippen LogP contribution in [0.4, 0.5) is 0 Å². The highest BCUT2D eigenvalue weighted by molar-refractivity contribution is 5.94. The highest BCUT2D eigenvalue weighted by atomic mass is 16.9. The van der Waals surface area contributed by atoms with Crippen molar-refractivity contribution < 1.29 is 18.9 Å². The van der Waals surface area contributed by atoms with E-state index in [2.05, 4.69) is 10.7 Å². The Kier molecular flexibility index (Phi) is 12.9. The minimum absolute atomic E-state index is 0.345. The Morgan fingerprint density at radius 3 is 1.64 bits per heavy atom. The molecule has 0 aromatic heterocycles. The monoisotopic (exact) mass is 384 g/mol. The third kappa shape index (κ3) is 7.85. The first-order valence-corrected chi connectivity index (χ1v) is 7.95. The third-order valence-corrected chi connectivity index (χ3v) is 3.30. The van der Waals surface area contributed by atoms with Gasteiger partial charge in [-0.25, -0.2) is 0 Å². The summed E-state index contributed by atoms with van der Waals surface area (Å²) in [6.45, 7) is 0. The minimum Gasteiger partial charge on any atom is -0.480 e. The molecular weight excluding hydrogens is 360 g/mol. The van der Waals surface area contributed by atoms with Crippen LogP contribution in [0, 0.1) is 22.9 Å². The van der Waals surface area contributed by atoms with Gasteiger partial charge in [0.05, 0.1) is 7.11 Å². The third-order valence-electron chi connectivity index (χ3n) is 3.30. The normalized spacial score (nSPS) is 10.1. The first-order valence-electron chi connectivity index (χ1n) is 7.95. The Bertz CT molecular complexity index is 756. The van der Waals surface area contributed by atoms with Gasteiger partial charge in [0.15, 0.2) is 6.19 Å².